The average molecular weight is 304 g/mol. The number of nitrogens with one attached hydrogen (secondary N) is 1. The highest BCUT2D eigenvalue weighted by Gasteiger charge is 2.34. The molecule has 0 radical (unpaired) electrons. The second-order valence-corrected chi connectivity index (χ2v) is 4.53. The van der Waals surface area contributed by atoms with E-state index in [9.17, 15) is 9.90 Å². The third-order valence-electron chi connectivity index (χ3n) is 2.89. The smallest absolute Gasteiger partial charge is 0.344 e. The number of hydrogen-bond acceptors (Lipinski definition) is 8. The molecule has 0 aliphatic carbocycles. The van der Waals surface area contributed by atoms with E-state index in [2.05, 4.69) is 20.0 Å². The molecular weight excluding hydrogens is 290 g/mol. The third-order valence-corrected chi connectivity index (χ3v) is 3.18. The molecule has 3 N–H and O–H groups in total. The van der Waals surface area contributed by atoms with E-state index >= 15 is 0 Å². The van der Waals surface area contributed by atoms with Crippen LogP contribution in [0.1, 0.15) is 16.8 Å². The van der Waals surface area contributed by atoms with Crippen molar-refractivity contribution in [3.63, 3.8) is 0 Å². The molecule has 1 aliphatic rings. The van der Waals surface area contributed by atoms with Crippen molar-refractivity contribution in [2.75, 3.05) is 19.0 Å². The molecule has 110 valence electrons. The van der Waals surface area contributed by atoms with Gasteiger partial charge in [0.2, 0.25) is 0 Å². The molecule has 0 spiro atoms. The Bertz CT molecular complexity index is 501. The van der Waals surface area contributed by atoms with Gasteiger partial charge in [0.05, 0.1) is 19.8 Å². The summed E-state index contributed by atoms with van der Waals surface area (Å²) in [5.74, 6) is -0.539. The zero-order chi connectivity index (χ0) is 14.7. The van der Waals surface area contributed by atoms with Crippen LogP contribution >= 0.6 is 11.6 Å². The standard InChI is InChI=1S/C11H14ClN3O5/c1-19-11(18)8-9(12)13-4-14-10(8)15-7-2-5(17)6(3-16)20-7/h4-7,16-17H,2-3H2,1H3,(H,13,14,15)/t5-,6+,7-/m0/s1. The molecule has 9 heteroatoms. The maximum Gasteiger partial charge on any atom is 0.344 e. The molecule has 1 saturated heterocycles. The van der Waals surface area contributed by atoms with Gasteiger partial charge in [-0.25, -0.2) is 14.8 Å². The molecule has 1 fully saturated rings. The number of carbonyl (C=O) groups is 1. The summed E-state index contributed by atoms with van der Waals surface area (Å²) in [5, 5.41) is 21.4. The molecule has 0 saturated carbocycles. The number of rotatable bonds is 4. The lowest BCUT2D eigenvalue weighted by Gasteiger charge is -2.16. The molecule has 1 aliphatic heterocycles. The fraction of sp³-hybridized carbons (Fsp3) is 0.545. The van der Waals surface area contributed by atoms with Gasteiger partial charge >= 0.3 is 5.97 Å². The fourth-order valence-electron chi connectivity index (χ4n) is 1.89. The highest BCUT2D eigenvalue weighted by molar-refractivity contribution is 6.33. The van der Waals surface area contributed by atoms with Gasteiger partial charge in [-0.15, -0.1) is 0 Å². The van der Waals surface area contributed by atoms with Crippen molar-refractivity contribution in [3.05, 3.63) is 17.0 Å². The van der Waals surface area contributed by atoms with Crippen molar-refractivity contribution < 1.29 is 24.5 Å². The first-order valence-electron chi connectivity index (χ1n) is 5.86. The summed E-state index contributed by atoms with van der Waals surface area (Å²) in [6, 6.07) is 0. The van der Waals surface area contributed by atoms with Crippen molar-refractivity contribution in [1.29, 1.82) is 0 Å². The zero-order valence-electron chi connectivity index (χ0n) is 10.6. The number of aromatic nitrogens is 2. The Hall–Kier alpha value is -1.48. The van der Waals surface area contributed by atoms with Crippen molar-refractivity contribution >= 4 is 23.4 Å². The summed E-state index contributed by atoms with van der Waals surface area (Å²) in [6.45, 7) is -0.298. The Kier molecular flexibility index (Phi) is 4.71. The first kappa shape index (κ1) is 14.9. The Morgan fingerprint density at radius 2 is 2.40 bits per heavy atom. The SMILES string of the molecule is COC(=O)c1c(Cl)ncnc1N[C@@H]1C[C@H](O)[C@@H](CO)O1. The van der Waals surface area contributed by atoms with Crippen LogP contribution < -0.4 is 5.32 Å². The van der Waals surface area contributed by atoms with E-state index in [1.807, 2.05) is 0 Å². The van der Waals surface area contributed by atoms with Gasteiger partial charge in [-0.05, 0) is 0 Å². The summed E-state index contributed by atoms with van der Waals surface area (Å²) >= 11 is 5.85. The predicted octanol–water partition coefficient (Wildman–Crippen LogP) is -0.203. The number of aliphatic hydroxyl groups is 2. The maximum atomic E-state index is 11.7. The Balaban J connectivity index is 2.18. The van der Waals surface area contributed by atoms with Crippen LogP contribution in [0.2, 0.25) is 5.15 Å². The molecule has 0 bridgehead atoms. The average Bonchev–Trinajstić information content (AvgIpc) is 2.78. The van der Waals surface area contributed by atoms with Gasteiger partial charge in [0, 0.05) is 6.42 Å². The third kappa shape index (κ3) is 2.98. The van der Waals surface area contributed by atoms with Crippen molar-refractivity contribution in [2.45, 2.75) is 24.9 Å². The van der Waals surface area contributed by atoms with Crippen molar-refractivity contribution in [3.8, 4) is 0 Å². The van der Waals surface area contributed by atoms with Gasteiger partial charge in [-0.1, -0.05) is 11.6 Å². The van der Waals surface area contributed by atoms with Crippen LogP contribution in [0.15, 0.2) is 6.33 Å². The van der Waals surface area contributed by atoms with Crippen LogP contribution in [0.5, 0.6) is 0 Å². The van der Waals surface area contributed by atoms with Crippen LogP contribution in [0.25, 0.3) is 0 Å². The van der Waals surface area contributed by atoms with Crippen LogP contribution in [0.3, 0.4) is 0 Å². The number of nitrogens with zero attached hydrogens (tertiary/aromatic N) is 2. The molecule has 0 unspecified atom stereocenters. The van der Waals surface area contributed by atoms with Gasteiger partial charge in [0.25, 0.3) is 0 Å². The van der Waals surface area contributed by atoms with E-state index in [-0.39, 0.29) is 29.6 Å². The minimum atomic E-state index is -0.795. The van der Waals surface area contributed by atoms with Gasteiger partial charge in [-0.3, -0.25) is 0 Å². The van der Waals surface area contributed by atoms with Gasteiger partial charge in [-0.2, -0.15) is 0 Å². The fourth-order valence-corrected chi connectivity index (χ4v) is 2.11. The van der Waals surface area contributed by atoms with E-state index < -0.39 is 24.4 Å². The largest absolute Gasteiger partial charge is 0.465 e. The van der Waals surface area contributed by atoms with Crippen LogP contribution in [0.4, 0.5) is 5.82 Å². The van der Waals surface area contributed by atoms with E-state index in [0.717, 1.165) is 0 Å². The molecule has 2 rings (SSSR count). The number of hydrogen-bond donors (Lipinski definition) is 3. The number of anilines is 1. The molecule has 8 nitrogen and oxygen atoms in total. The molecule has 20 heavy (non-hydrogen) atoms. The summed E-state index contributed by atoms with van der Waals surface area (Å²) in [4.78, 5) is 19.3. The quantitative estimate of drug-likeness (QED) is 0.517. The van der Waals surface area contributed by atoms with E-state index in [1.54, 1.807) is 0 Å². The normalized spacial score (nSPS) is 25.5. The molecule has 1 aromatic rings. The first-order chi connectivity index (χ1) is 9.56. The lowest BCUT2D eigenvalue weighted by Crippen LogP contribution is -2.25. The number of ether oxygens (including phenoxy) is 2. The molecular formula is C11H14ClN3O5. The van der Waals surface area contributed by atoms with Crippen LogP contribution in [-0.2, 0) is 9.47 Å². The predicted molar refractivity (Wildman–Crippen MR) is 68.4 cm³/mol. The minimum Gasteiger partial charge on any atom is -0.465 e. The number of halogens is 1. The van der Waals surface area contributed by atoms with E-state index in [1.165, 1.54) is 13.4 Å². The molecule has 0 amide bonds. The van der Waals surface area contributed by atoms with Gasteiger partial charge in [0.15, 0.2) is 0 Å². The van der Waals surface area contributed by atoms with E-state index in [0.29, 0.717) is 0 Å². The number of methoxy groups -OCH3 is 1. The van der Waals surface area contributed by atoms with Gasteiger partial charge in [0.1, 0.15) is 35.2 Å². The van der Waals surface area contributed by atoms with E-state index in [4.69, 9.17) is 21.4 Å². The lowest BCUT2D eigenvalue weighted by atomic mass is 10.2. The number of carbonyl (C=O) groups excluding carboxylic acids is 1. The summed E-state index contributed by atoms with van der Waals surface area (Å²) < 4.78 is 9.98. The minimum absolute atomic E-state index is 0.0118. The summed E-state index contributed by atoms with van der Waals surface area (Å²) in [6.07, 6.45) is -0.640. The monoisotopic (exact) mass is 303 g/mol. The molecule has 1 aromatic heterocycles. The number of aliphatic hydroxyl groups excluding tert-OH is 2. The Morgan fingerprint density at radius 1 is 1.65 bits per heavy atom. The Labute approximate surface area is 119 Å². The molecule has 0 aromatic carbocycles. The highest BCUT2D eigenvalue weighted by atomic mass is 35.5. The second-order valence-electron chi connectivity index (χ2n) is 4.17. The highest BCUT2D eigenvalue weighted by Crippen LogP contribution is 2.25. The maximum absolute atomic E-state index is 11.7. The summed E-state index contributed by atoms with van der Waals surface area (Å²) in [5.41, 5.74) is -0.0118. The molecule has 3 atom stereocenters. The second kappa shape index (κ2) is 6.31. The van der Waals surface area contributed by atoms with Crippen LogP contribution in [-0.4, -0.2) is 58.3 Å². The topological polar surface area (TPSA) is 114 Å². The first-order valence-corrected chi connectivity index (χ1v) is 6.24. The van der Waals surface area contributed by atoms with Crippen LogP contribution in [0, 0.1) is 0 Å². The van der Waals surface area contributed by atoms with Crippen molar-refractivity contribution in [2.24, 2.45) is 0 Å². The summed E-state index contributed by atoms with van der Waals surface area (Å²) in [7, 11) is 1.22. The Morgan fingerprint density at radius 3 is 3.00 bits per heavy atom. The lowest BCUT2D eigenvalue weighted by molar-refractivity contribution is -0.0150. The van der Waals surface area contributed by atoms with Gasteiger partial charge < -0.3 is 25.0 Å². The number of esters is 1. The molecule has 2 heterocycles. The van der Waals surface area contributed by atoms with Crippen molar-refractivity contribution in [1.82, 2.24) is 9.97 Å². The zero-order valence-corrected chi connectivity index (χ0v) is 11.4.